The van der Waals surface area contributed by atoms with Crippen molar-refractivity contribution in [1.29, 1.82) is 0 Å². The van der Waals surface area contributed by atoms with E-state index in [1.165, 1.54) is 18.4 Å². The first-order valence-electron chi connectivity index (χ1n) is 6.55. The molecular weight excluding hydrogens is 272 g/mol. The van der Waals surface area contributed by atoms with E-state index in [1.807, 2.05) is 6.07 Å². The molecule has 0 radical (unpaired) electrons. The molecule has 0 aliphatic heterocycles. The van der Waals surface area contributed by atoms with E-state index in [-0.39, 0.29) is 5.56 Å². The lowest BCUT2D eigenvalue weighted by Crippen LogP contribution is -2.25. The molecule has 0 spiro atoms. The van der Waals surface area contributed by atoms with Gasteiger partial charge in [-0.25, -0.2) is 4.79 Å². The Labute approximate surface area is 121 Å². The highest BCUT2D eigenvalue weighted by Crippen LogP contribution is 2.36. The number of nitrogens with zero attached hydrogens (tertiary/aromatic N) is 1. The van der Waals surface area contributed by atoms with Crippen LogP contribution in [0.25, 0.3) is 0 Å². The minimum absolute atomic E-state index is 0.234. The highest BCUT2D eigenvalue weighted by molar-refractivity contribution is 7.07. The van der Waals surface area contributed by atoms with Gasteiger partial charge in [0.05, 0.1) is 16.9 Å². The number of carboxylic acid groups (broad SMARTS) is 1. The number of carbonyl (C=O) groups is 1. The second-order valence-corrected chi connectivity index (χ2v) is 5.85. The highest BCUT2D eigenvalue weighted by atomic mass is 32.1. The fourth-order valence-corrected chi connectivity index (χ4v) is 2.99. The monoisotopic (exact) mass is 288 g/mol. The number of anilines is 2. The number of carboxylic acids is 1. The Hall–Kier alpha value is -2.01. The number of aromatic carboxylic acids is 1. The Morgan fingerprint density at radius 3 is 2.75 bits per heavy atom. The smallest absolute Gasteiger partial charge is 0.335 e. The first-order valence-corrected chi connectivity index (χ1v) is 7.50. The SMILES string of the molecule is Nc1cc(C(=O)O)ccc1N(Cc1ccsc1)C1CC1. The summed E-state index contributed by atoms with van der Waals surface area (Å²) >= 11 is 1.68. The summed E-state index contributed by atoms with van der Waals surface area (Å²) in [7, 11) is 0. The standard InChI is InChI=1S/C15H16N2O2S/c16-13-7-11(15(18)19)1-4-14(13)17(12-2-3-12)8-10-5-6-20-9-10/h1,4-7,9,12H,2-3,8,16H2,(H,18,19). The van der Waals surface area contributed by atoms with E-state index in [0.29, 0.717) is 11.7 Å². The summed E-state index contributed by atoms with van der Waals surface area (Å²) in [6.45, 7) is 0.824. The van der Waals surface area contributed by atoms with Crippen LogP contribution in [0.2, 0.25) is 0 Å². The summed E-state index contributed by atoms with van der Waals surface area (Å²) in [6.07, 6.45) is 2.34. The van der Waals surface area contributed by atoms with Crippen LogP contribution in [-0.2, 0) is 6.54 Å². The van der Waals surface area contributed by atoms with Crippen molar-refractivity contribution in [3.05, 3.63) is 46.2 Å². The van der Waals surface area contributed by atoms with Crippen LogP contribution in [0.15, 0.2) is 35.0 Å². The lowest BCUT2D eigenvalue weighted by atomic mass is 10.1. The van der Waals surface area contributed by atoms with Crippen LogP contribution in [0, 0.1) is 0 Å². The Bertz CT molecular complexity index is 621. The van der Waals surface area contributed by atoms with E-state index >= 15 is 0 Å². The zero-order valence-electron chi connectivity index (χ0n) is 11.0. The summed E-state index contributed by atoms with van der Waals surface area (Å²) in [4.78, 5) is 13.2. The van der Waals surface area contributed by atoms with Gasteiger partial charge < -0.3 is 15.7 Å². The summed E-state index contributed by atoms with van der Waals surface area (Å²) in [6, 6.07) is 7.62. The van der Waals surface area contributed by atoms with E-state index in [2.05, 4.69) is 21.7 Å². The van der Waals surface area contributed by atoms with Gasteiger partial charge in [0.1, 0.15) is 0 Å². The molecule has 0 unspecified atom stereocenters. The molecule has 2 aromatic rings. The van der Waals surface area contributed by atoms with Gasteiger partial charge in [-0.3, -0.25) is 0 Å². The zero-order valence-corrected chi connectivity index (χ0v) is 11.8. The van der Waals surface area contributed by atoms with Crippen molar-refractivity contribution in [3.63, 3.8) is 0 Å². The van der Waals surface area contributed by atoms with Crippen molar-refractivity contribution in [2.24, 2.45) is 0 Å². The zero-order chi connectivity index (χ0) is 14.1. The fraction of sp³-hybridized carbons (Fsp3) is 0.267. The molecule has 4 nitrogen and oxygen atoms in total. The van der Waals surface area contributed by atoms with E-state index in [4.69, 9.17) is 10.8 Å². The molecule has 1 aromatic carbocycles. The van der Waals surface area contributed by atoms with Crippen LogP contribution in [0.1, 0.15) is 28.8 Å². The molecule has 0 amide bonds. The molecule has 1 aliphatic carbocycles. The maximum absolute atomic E-state index is 11.0. The van der Waals surface area contributed by atoms with Crippen molar-refractivity contribution in [2.75, 3.05) is 10.6 Å². The second-order valence-electron chi connectivity index (χ2n) is 5.07. The van der Waals surface area contributed by atoms with Gasteiger partial charge in [0, 0.05) is 12.6 Å². The van der Waals surface area contributed by atoms with Crippen LogP contribution in [0.5, 0.6) is 0 Å². The lowest BCUT2D eigenvalue weighted by Gasteiger charge is -2.26. The highest BCUT2D eigenvalue weighted by Gasteiger charge is 2.30. The van der Waals surface area contributed by atoms with Gasteiger partial charge in [-0.1, -0.05) is 0 Å². The minimum atomic E-state index is -0.945. The van der Waals surface area contributed by atoms with Gasteiger partial charge in [-0.2, -0.15) is 11.3 Å². The van der Waals surface area contributed by atoms with Crippen LogP contribution < -0.4 is 10.6 Å². The van der Waals surface area contributed by atoms with Crippen molar-refractivity contribution in [1.82, 2.24) is 0 Å². The molecular formula is C15H16N2O2S. The summed E-state index contributed by atoms with van der Waals surface area (Å²) in [5.74, 6) is -0.945. The molecule has 3 N–H and O–H groups in total. The number of hydrogen-bond donors (Lipinski definition) is 2. The third-order valence-corrected chi connectivity index (χ3v) is 4.24. The van der Waals surface area contributed by atoms with Gasteiger partial charge in [0.15, 0.2) is 0 Å². The molecule has 0 bridgehead atoms. The maximum atomic E-state index is 11.0. The van der Waals surface area contributed by atoms with Crippen molar-refractivity contribution >= 4 is 28.7 Å². The molecule has 1 aromatic heterocycles. The van der Waals surface area contributed by atoms with Gasteiger partial charge in [-0.15, -0.1) is 0 Å². The lowest BCUT2D eigenvalue weighted by molar-refractivity contribution is 0.0697. The van der Waals surface area contributed by atoms with Gasteiger partial charge >= 0.3 is 5.97 Å². The molecule has 20 heavy (non-hydrogen) atoms. The number of rotatable bonds is 5. The molecule has 104 valence electrons. The van der Waals surface area contributed by atoms with E-state index in [9.17, 15) is 4.79 Å². The first kappa shape index (κ1) is 13.0. The molecule has 0 saturated heterocycles. The average Bonchev–Trinajstić information content (AvgIpc) is 3.14. The largest absolute Gasteiger partial charge is 0.478 e. The predicted octanol–water partition coefficient (Wildman–Crippen LogP) is 3.20. The van der Waals surface area contributed by atoms with Crippen LogP contribution in [0.3, 0.4) is 0 Å². The molecule has 1 aliphatic rings. The van der Waals surface area contributed by atoms with Crippen molar-refractivity contribution in [2.45, 2.75) is 25.4 Å². The first-order chi connectivity index (χ1) is 9.65. The van der Waals surface area contributed by atoms with E-state index in [1.54, 1.807) is 23.5 Å². The van der Waals surface area contributed by atoms with Gasteiger partial charge in [-0.05, 0) is 53.4 Å². The van der Waals surface area contributed by atoms with Crippen molar-refractivity contribution in [3.8, 4) is 0 Å². The fourth-order valence-electron chi connectivity index (χ4n) is 2.33. The Morgan fingerprint density at radius 2 is 2.20 bits per heavy atom. The quantitative estimate of drug-likeness (QED) is 0.829. The number of nitrogens with two attached hydrogens (primary N) is 1. The third-order valence-electron chi connectivity index (χ3n) is 3.50. The number of thiophene rings is 1. The molecule has 1 heterocycles. The molecule has 1 saturated carbocycles. The second kappa shape index (κ2) is 5.17. The van der Waals surface area contributed by atoms with Crippen LogP contribution in [-0.4, -0.2) is 17.1 Å². The van der Waals surface area contributed by atoms with E-state index in [0.717, 1.165) is 12.2 Å². The number of nitrogen functional groups attached to an aromatic ring is 1. The van der Waals surface area contributed by atoms with Gasteiger partial charge in [0.25, 0.3) is 0 Å². The normalized spacial score (nSPS) is 14.2. The molecule has 0 atom stereocenters. The average molecular weight is 288 g/mol. The molecule has 1 fully saturated rings. The van der Waals surface area contributed by atoms with E-state index < -0.39 is 5.97 Å². The number of hydrogen-bond acceptors (Lipinski definition) is 4. The van der Waals surface area contributed by atoms with Gasteiger partial charge in [0.2, 0.25) is 0 Å². The minimum Gasteiger partial charge on any atom is -0.478 e. The third kappa shape index (κ3) is 2.63. The Balaban J connectivity index is 1.89. The summed E-state index contributed by atoms with van der Waals surface area (Å²) < 4.78 is 0. The topological polar surface area (TPSA) is 66.6 Å². The van der Waals surface area contributed by atoms with Crippen LogP contribution >= 0.6 is 11.3 Å². The molecule has 5 heteroatoms. The maximum Gasteiger partial charge on any atom is 0.335 e. The number of benzene rings is 1. The predicted molar refractivity (Wildman–Crippen MR) is 81.3 cm³/mol. The molecule has 3 rings (SSSR count). The Morgan fingerprint density at radius 1 is 1.40 bits per heavy atom. The van der Waals surface area contributed by atoms with Crippen molar-refractivity contribution < 1.29 is 9.90 Å². The van der Waals surface area contributed by atoms with Crippen LogP contribution in [0.4, 0.5) is 11.4 Å². The summed E-state index contributed by atoms with van der Waals surface area (Å²) in [5.41, 5.74) is 9.02. The Kier molecular flexibility index (Phi) is 3.36. The summed E-state index contributed by atoms with van der Waals surface area (Å²) in [5, 5.41) is 13.2.